The third kappa shape index (κ3) is 7.27. The lowest BCUT2D eigenvalue weighted by Gasteiger charge is -2.26. The molecular formula is C11H22O5Si. The number of ether oxygens (including phenoxy) is 1. The fraction of sp³-hybridized carbons (Fsp3) is 0.727. The van der Waals surface area contributed by atoms with Crippen molar-refractivity contribution in [1.29, 1.82) is 0 Å². The average molecular weight is 262 g/mol. The molecule has 0 aliphatic heterocycles. The molecule has 1 unspecified atom stereocenters. The van der Waals surface area contributed by atoms with E-state index in [1.54, 1.807) is 0 Å². The van der Waals surface area contributed by atoms with E-state index in [-0.39, 0.29) is 0 Å². The SMILES string of the molecule is C=CC(=O)OC(O)CC[Si](C)(OCC)OCC. The second-order valence-electron chi connectivity index (χ2n) is 3.63. The lowest BCUT2D eigenvalue weighted by molar-refractivity contribution is -0.161. The summed E-state index contributed by atoms with van der Waals surface area (Å²) in [6.45, 7) is 10.1. The van der Waals surface area contributed by atoms with Crippen LogP contribution >= 0.6 is 0 Å². The largest absolute Gasteiger partial charge is 0.433 e. The summed E-state index contributed by atoms with van der Waals surface area (Å²) >= 11 is 0. The Bertz CT molecular complexity index is 238. The minimum atomic E-state index is -2.25. The monoisotopic (exact) mass is 262 g/mol. The molecule has 0 saturated carbocycles. The summed E-state index contributed by atoms with van der Waals surface area (Å²) < 4.78 is 15.9. The van der Waals surface area contributed by atoms with Crippen molar-refractivity contribution in [1.82, 2.24) is 0 Å². The van der Waals surface area contributed by atoms with E-state index in [0.717, 1.165) is 6.08 Å². The van der Waals surface area contributed by atoms with E-state index in [2.05, 4.69) is 11.3 Å². The molecule has 0 aromatic carbocycles. The Morgan fingerprint density at radius 2 is 1.94 bits per heavy atom. The molecule has 0 aromatic rings. The first-order chi connectivity index (χ1) is 7.97. The topological polar surface area (TPSA) is 65.0 Å². The quantitative estimate of drug-likeness (QED) is 0.296. The zero-order chi connectivity index (χ0) is 13.3. The molecule has 1 atom stereocenters. The number of carbonyl (C=O) groups excluding carboxylic acids is 1. The van der Waals surface area contributed by atoms with Crippen molar-refractivity contribution in [3.8, 4) is 0 Å². The molecule has 0 radical (unpaired) electrons. The van der Waals surface area contributed by atoms with Gasteiger partial charge in [-0.15, -0.1) is 0 Å². The van der Waals surface area contributed by atoms with Gasteiger partial charge >= 0.3 is 14.5 Å². The third-order valence-electron chi connectivity index (χ3n) is 2.16. The molecule has 100 valence electrons. The third-order valence-corrected chi connectivity index (χ3v) is 5.16. The van der Waals surface area contributed by atoms with Crippen molar-refractivity contribution < 1.29 is 23.5 Å². The zero-order valence-corrected chi connectivity index (χ0v) is 11.8. The molecule has 0 fully saturated rings. The molecule has 6 heteroatoms. The number of esters is 1. The molecule has 0 aromatic heterocycles. The lowest BCUT2D eigenvalue weighted by atomic mass is 10.5. The van der Waals surface area contributed by atoms with E-state index in [1.165, 1.54) is 0 Å². The molecule has 0 heterocycles. The van der Waals surface area contributed by atoms with E-state index < -0.39 is 20.8 Å². The van der Waals surface area contributed by atoms with Crippen LogP contribution in [0.15, 0.2) is 12.7 Å². The van der Waals surface area contributed by atoms with Gasteiger partial charge in [0, 0.05) is 25.7 Å². The van der Waals surface area contributed by atoms with E-state index >= 15 is 0 Å². The fourth-order valence-corrected chi connectivity index (χ4v) is 3.79. The summed E-state index contributed by atoms with van der Waals surface area (Å²) in [4.78, 5) is 10.8. The number of carbonyl (C=O) groups is 1. The molecule has 0 spiro atoms. The van der Waals surface area contributed by atoms with Gasteiger partial charge in [0.2, 0.25) is 6.29 Å². The van der Waals surface area contributed by atoms with Crippen LogP contribution < -0.4 is 0 Å². The van der Waals surface area contributed by atoms with Crippen molar-refractivity contribution in [3.05, 3.63) is 12.7 Å². The number of hydrogen-bond donors (Lipinski definition) is 1. The maximum atomic E-state index is 10.8. The van der Waals surface area contributed by atoms with E-state index in [9.17, 15) is 9.90 Å². The van der Waals surface area contributed by atoms with Crippen molar-refractivity contribution in [2.24, 2.45) is 0 Å². The highest BCUT2D eigenvalue weighted by Crippen LogP contribution is 2.17. The van der Waals surface area contributed by atoms with Crippen LogP contribution in [-0.4, -0.2) is 39.1 Å². The standard InChI is InChI=1S/C11H22O5Si/c1-5-10(12)16-11(13)8-9-17(4,14-6-2)15-7-3/h5,11,13H,1,6-9H2,2-4H3. The Hall–Kier alpha value is -0.693. The highest BCUT2D eigenvalue weighted by Gasteiger charge is 2.31. The van der Waals surface area contributed by atoms with Crippen LogP contribution in [-0.2, 0) is 18.4 Å². The predicted octanol–water partition coefficient (Wildman–Crippen LogP) is 1.57. The van der Waals surface area contributed by atoms with Crippen LogP contribution in [0, 0.1) is 0 Å². The molecule has 17 heavy (non-hydrogen) atoms. The molecule has 5 nitrogen and oxygen atoms in total. The number of hydrogen-bond acceptors (Lipinski definition) is 5. The lowest BCUT2D eigenvalue weighted by Crippen LogP contribution is -2.39. The summed E-state index contributed by atoms with van der Waals surface area (Å²) in [5.41, 5.74) is 0. The van der Waals surface area contributed by atoms with Gasteiger partial charge in [0.1, 0.15) is 0 Å². The minimum Gasteiger partial charge on any atom is -0.433 e. The predicted molar refractivity (Wildman–Crippen MR) is 66.6 cm³/mol. The van der Waals surface area contributed by atoms with E-state index in [0.29, 0.717) is 25.7 Å². The molecule has 0 aliphatic rings. The Labute approximate surface area is 104 Å². The van der Waals surface area contributed by atoms with E-state index in [4.69, 9.17) is 8.85 Å². The Morgan fingerprint density at radius 1 is 1.41 bits per heavy atom. The molecule has 1 N–H and O–H groups in total. The second-order valence-corrected chi connectivity index (χ2v) is 6.98. The summed E-state index contributed by atoms with van der Waals surface area (Å²) in [5, 5.41) is 9.47. The Kier molecular flexibility index (Phi) is 8.06. The van der Waals surface area contributed by atoms with Crippen LogP contribution in [0.4, 0.5) is 0 Å². The molecule has 0 bridgehead atoms. The van der Waals surface area contributed by atoms with Gasteiger partial charge in [0.25, 0.3) is 0 Å². The van der Waals surface area contributed by atoms with Crippen LogP contribution in [0.25, 0.3) is 0 Å². The Morgan fingerprint density at radius 3 is 2.35 bits per heavy atom. The van der Waals surface area contributed by atoms with Crippen LogP contribution in [0.3, 0.4) is 0 Å². The number of aliphatic hydroxyl groups is 1. The highest BCUT2D eigenvalue weighted by molar-refractivity contribution is 6.66. The van der Waals surface area contributed by atoms with Crippen molar-refractivity contribution >= 4 is 14.5 Å². The smallest absolute Gasteiger partial charge is 0.335 e. The second kappa shape index (κ2) is 8.41. The first-order valence-electron chi connectivity index (χ1n) is 5.76. The summed E-state index contributed by atoms with van der Waals surface area (Å²) in [7, 11) is -2.25. The minimum absolute atomic E-state index is 0.308. The molecule has 0 rings (SSSR count). The van der Waals surface area contributed by atoms with Gasteiger partial charge in [-0.05, 0) is 26.4 Å². The summed E-state index contributed by atoms with van der Waals surface area (Å²) in [6.07, 6.45) is 0.195. The maximum Gasteiger partial charge on any atom is 0.335 e. The molecule has 0 amide bonds. The number of rotatable bonds is 9. The molecular weight excluding hydrogens is 240 g/mol. The maximum absolute atomic E-state index is 10.8. The van der Waals surface area contributed by atoms with Crippen molar-refractivity contribution in [3.63, 3.8) is 0 Å². The van der Waals surface area contributed by atoms with Crippen LogP contribution in [0.1, 0.15) is 20.3 Å². The average Bonchev–Trinajstić information content (AvgIpc) is 2.27. The zero-order valence-electron chi connectivity index (χ0n) is 10.8. The van der Waals surface area contributed by atoms with Crippen molar-refractivity contribution in [2.45, 2.75) is 39.1 Å². The van der Waals surface area contributed by atoms with Crippen molar-refractivity contribution in [2.75, 3.05) is 13.2 Å². The van der Waals surface area contributed by atoms with Gasteiger partial charge in [-0.1, -0.05) is 6.58 Å². The van der Waals surface area contributed by atoms with Gasteiger partial charge in [-0.25, -0.2) is 4.79 Å². The first-order valence-corrected chi connectivity index (χ1v) is 8.28. The van der Waals surface area contributed by atoms with Crippen LogP contribution in [0.2, 0.25) is 12.6 Å². The first kappa shape index (κ1) is 16.3. The van der Waals surface area contributed by atoms with Gasteiger partial charge in [0.05, 0.1) is 0 Å². The van der Waals surface area contributed by atoms with Gasteiger partial charge < -0.3 is 18.7 Å². The van der Waals surface area contributed by atoms with E-state index in [1.807, 2.05) is 20.4 Å². The Balaban J connectivity index is 4.11. The van der Waals surface area contributed by atoms with Crippen LogP contribution in [0.5, 0.6) is 0 Å². The normalized spacial score (nSPS) is 13.2. The van der Waals surface area contributed by atoms with Gasteiger partial charge in [-0.3, -0.25) is 0 Å². The highest BCUT2D eigenvalue weighted by atomic mass is 28.4. The fourth-order valence-electron chi connectivity index (χ4n) is 1.42. The van der Waals surface area contributed by atoms with Gasteiger partial charge in [-0.2, -0.15) is 0 Å². The molecule has 0 saturated heterocycles. The summed E-state index contributed by atoms with van der Waals surface area (Å²) in [5.74, 6) is -0.631. The molecule has 0 aliphatic carbocycles. The number of aliphatic hydroxyl groups excluding tert-OH is 1. The summed E-state index contributed by atoms with van der Waals surface area (Å²) in [6, 6.07) is 0.570. The van der Waals surface area contributed by atoms with Gasteiger partial charge in [0.15, 0.2) is 0 Å².